The average Bonchev–Trinajstić information content (AvgIpc) is 3.14. The fourth-order valence-electron chi connectivity index (χ4n) is 3.96. The molecular formula is C23H29ClN2O3S. The zero-order chi connectivity index (χ0) is 21.9. The van der Waals surface area contributed by atoms with Gasteiger partial charge < -0.3 is 5.32 Å². The van der Waals surface area contributed by atoms with E-state index < -0.39 is 10.0 Å². The van der Waals surface area contributed by atoms with Crippen molar-refractivity contribution < 1.29 is 13.2 Å². The van der Waals surface area contributed by atoms with Gasteiger partial charge in [0.2, 0.25) is 15.9 Å². The van der Waals surface area contributed by atoms with Crippen LogP contribution in [0.25, 0.3) is 0 Å². The minimum Gasteiger partial charge on any atom is -0.350 e. The highest BCUT2D eigenvalue weighted by Crippen LogP contribution is 2.27. The molecule has 5 nitrogen and oxygen atoms in total. The summed E-state index contributed by atoms with van der Waals surface area (Å²) in [5.41, 5.74) is 5.27. The zero-order valence-electron chi connectivity index (χ0n) is 17.7. The lowest BCUT2D eigenvalue weighted by molar-refractivity contribution is -0.121. The van der Waals surface area contributed by atoms with Gasteiger partial charge in [-0.05, 0) is 73.9 Å². The minimum absolute atomic E-state index is 0.0791. The Hall–Kier alpha value is -2.05. The average molecular weight is 449 g/mol. The maximum absolute atomic E-state index is 12.4. The van der Waals surface area contributed by atoms with Crippen LogP contribution in [0.1, 0.15) is 54.5 Å². The van der Waals surface area contributed by atoms with Crippen molar-refractivity contribution in [2.75, 3.05) is 17.1 Å². The van der Waals surface area contributed by atoms with Crippen molar-refractivity contribution in [1.82, 2.24) is 5.32 Å². The molecule has 0 saturated carbocycles. The molecule has 1 aliphatic rings. The van der Waals surface area contributed by atoms with E-state index in [4.69, 9.17) is 11.6 Å². The van der Waals surface area contributed by atoms with Crippen molar-refractivity contribution in [3.8, 4) is 0 Å². The van der Waals surface area contributed by atoms with Crippen LogP contribution < -0.4 is 9.62 Å². The van der Waals surface area contributed by atoms with E-state index in [9.17, 15) is 13.2 Å². The molecule has 0 heterocycles. The van der Waals surface area contributed by atoms with E-state index in [-0.39, 0.29) is 24.9 Å². The number of halogens is 1. The third-order valence-corrected chi connectivity index (χ3v) is 7.02. The minimum atomic E-state index is -3.48. The number of benzene rings is 2. The summed E-state index contributed by atoms with van der Waals surface area (Å²) in [6.45, 7) is 4.04. The molecule has 1 aliphatic carbocycles. The van der Waals surface area contributed by atoms with E-state index >= 15 is 0 Å². The predicted molar refractivity (Wildman–Crippen MR) is 123 cm³/mol. The quantitative estimate of drug-likeness (QED) is 0.643. The molecule has 1 atom stereocenters. The Morgan fingerprint density at radius 3 is 2.63 bits per heavy atom. The Morgan fingerprint density at radius 1 is 1.17 bits per heavy atom. The van der Waals surface area contributed by atoms with Crippen LogP contribution in [0.15, 0.2) is 36.4 Å². The zero-order valence-corrected chi connectivity index (χ0v) is 19.3. The van der Waals surface area contributed by atoms with Crippen LogP contribution in [0.4, 0.5) is 5.69 Å². The van der Waals surface area contributed by atoms with Crippen molar-refractivity contribution in [3.63, 3.8) is 0 Å². The van der Waals surface area contributed by atoms with E-state index in [1.54, 1.807) is 18.2 Å². The number of carbonyl (C=O) groups is 1. The molecule has 0 aliphatic heterocycles. The lowest BCUT2D eigenvalue weighted by Gasteiger charge is -2.24. The normalized spacial score (nSPS) is 14.3. The van der Waals surface area contributed by atoms with Crippen LogP contribution in [0.3, 0.4) is 0 Å². The summed E-state index contributed by atoms with van der Waals surface area (Å²) in [7, 11) is -3.48. The van der Waals surface area contributed by atoms with Gasteiger partial charge >= 0.3 is 0 Å². The smallest absolute Gasteiger partial charge is 0.232 e. The number of rotatable bonds is 8. The molecule has 2 aromatic rings. The van der Waals surface area contributed by atoms with E-state index in [0.717, 1.165) is 24.0 Å². The van der Waals surface area contributed by atoms with Crippen LogP contribution >= 0.6 is 11.6 Å². The number of hydrogen-bond donors (Lipinski definition) is 1. The molecule has 30 heavy (non-hydrogen) atoms. The number of nitrogens with one attached hydrogen (secondary N) is 1. The number of aryl methyl sites for hydroxylation is 3. The molecule has 7 heteroatoms. The number of carbonyl (C=O) groups excluding carboxylic acids is 1. The van der Waals surface area contributed by atoms with Crippen LogP contribution in [0.2, 0.25) is 5.02 Å². The van der Waals surface area contributed by atoms with Crippen LogP contribution in [-0.2, 0) is 27.7 Å². The maximum atomic E-state index is 12.4. The summed E-state index contributed by atoms with van der Waals surface area (Å²) in [5, 5.41) is 3.51. The van der Waals surface area contributed by atoms with Gasteiger partial charge in [0.15, 0.2) is 0 Å². The second kappa shape index (κ2) is 9.40. The first-order valence-corrected chi connectivity index (χ1v) is 12.5. The first-order valence-electron chi connectivity index (χ1n) is 10.3. The highest BCUT2D eigenvalue weighted by Gasteiger charge is 2.20. The van der Waals surface area contributed by atoms with E-state index in [2.05, 4.69) is 23.5 Å². The molecule has 3 rings (SSSR count). The molecule has 1 amide bonds. The van der Waals surface area contributed by atoms with Gasteiger partial charge in [0.05, 0.1) is 18.0 Å². The molecule has 0 bridgehead atoms. The molecular weight excluding hydrogens is 420 g/mol. The van der Waals surface area contributed by atoms with E-state index in [1.807, 2.05) is 13.8 Å². The van der Waals surface area contributed by atoms with Gasteiger partial charge in [-0.25, -0.2) is 8.42 Å². The number of anilines is 1. The fraction of sp³-hybridized carbons (Fsp3) is 0.435. The monoisotopic (exact) mass is 448 g/mol. The third-order valence-electron chi connectivity index (χ3n) is 5.61. The molecule has 0 spiro atoms. The number of fused-ring (bicyclic) bond motifs is 1. The third kappa shape index (κ3) is 5.55. The summed E-state index contributed by atoms with van der Waals surface area (Å²) in [4.78, 5) is 12.4. The van der Waals surface area contributed by atoms with Crippen molar-refractivity contribution in [1.29, 1.82) is 0 Å². The molecule has 0 fully saturated rings. The van der Waals surface area contributed by atoms with Crippen molar-refractivity contribution >= 4 is 33.2 Å². The Balaban J connectivity index is 1.58. The SMILES string of the molecule is Cc1ccc(Cl)cc1N(CCCC(=O)NC(C)c1ccc2c(c1)CCC2)S(C)(=O)=O. The maximum Gasteiger partial charge on any atom is 0.232 e. The number of sulfonamides is 1. The molecule has 0 saturated heterocycles. The van der Waals surface area contributed by atoms with Gasteiger partial charge in [0.25, 0.3) is 0 Å². The van der Waals surface area contributed by atoms with Gasteiger partial charge in [-0.15, -0.1) is 0 Å². The van der Waals surface area contributed by atoms with Gasteiger partial charge in [-0.3, -0.25) is 9.10 Å². The molecule has 0 aromatic heterocycles. The predicted octanol–water partition coefficient (Wildman–Crippen LogP) is 4.56. The van der Waals surface area contributed by atoms with Crippen molar-refractivity contribution in [2.45, 2.75) is 52.0 Å². The highest BCUT2D eigenvalue weighted by atomic mass is 35.5. The summed E-state index contributed by atoms with van der Waals surface area (Å²) in [5.74, 6) is -0.0840. The van der Waals surface area contributed by atoms with Gasteiger partial charge in [0, 0.05) is 18.0 Å². The Kier molecular flexibility index (Phi) is 7.09. The number of nitrogens with zero attached hydrogens (tertiary/aromatic N) is 1. The lowest BCUT2D eigenvalue weighted by Crippen LogP contribution is -2.33. The topological polar surface area (TPSA) is 66.5 Å². The molecule has 0 radical (unpaired) electrons. The number of amides is 1. The van der Waals surface area contributed by atoms with Gasteiger partial charge in [0.1, 0.15) is 0 Å². The van der Waals surface area contributed by atoms with Crippen LogP contribution in [-0.4, -0.2) is 27.1 Å². The summed E-state index contributed by atoms with van der Waals surface area (Å²) in [6, 6.07) is 11.5. The Morgan fingerprint density at radius 2 is 1.90 bits per heavy atom. The lowest BCUT2D eigenvalue weighted by atomic mass is 10.0. The largest absolute Gasteiger partial charge is 0.350 e. The first-order chi connectivity index (χ1) is 14.1. The summed E-state index contributed by atoms with van der Waals surface area (Å²) < 4.78 is 25.9. The van der Waals surface area contributed by atoms with Crippen molar-refractivity contribution in [3.05, 3.63) is 63.7 Å². The standard InChI is InChI=1S/C23H29ClN2O3S/c1-16-9-12-21(24)15-22(16)26(30(3,28)29)13-5-8-23(27)25-17(2)19-11-10-18-6-4-7-20(18)14-19/h9-12,14-15,17H,4-8,13H2,1-3H3,(H,25,27). The molecule has 1 unspecified atom stereocenters. The first kappa shape index (κ1) is 22.6. The van der Waals surface area contributed by atoms with Crippen LogP contribution in [0, 0.1) is 6.92 Å². The summed E-state index contributed by atoms with van der Waals surface area (Å²) in [6.07, 6.45) is 5.28. The van der Waals surface area contributed by atoms with Gasteiger partial charge in [-0.2, -0.15) is 0 Å². The Labute approximate surface area is 184 Å². The fourth-order valence-corrected chi connectivity index (χ4v) is 5.14. The molecule has 1 N–H and O–H groups in total. The Bertz CT molecular complexity index is 1040. The van der Waals surface area contributed by atoms with E-state index in [0.29, 0.717) is 17.1 Å². The van der Waals surface area contributed by atoms with Crippen LogP contribution in [0.5, 0.6) is 0 Å². The van der Waals surface area contributed by atoms with Gasteiger partial charge in [-0.1, -0.05) is 35.9 Å². The second-order valence-electron chi connectivity index (χ2n) is 8.04. The number of hydrogen-bond acceptors (Lipinski definition) is 3. The molecule has 162 valence electrons. The molecule has 2 aromatic carbocycles. The second-order valence-corrected chi connectivity index (χ2v) is 10.4. The van der Waals surface area contributed by atoms with Crippen molar-refractivity contribution in [2.24, 2.45) is 0 Å². The highest BCUT2D eigenvalue weighted by molar-refractivity contribution is 7.92. The van der Waals surface area contributed by atoms with E-state index in [1.165, 1.54) is 28.1 Å². The summed E-state index contributed by atoms with van der Waals surface area (Å²) >= 11 is 6.06.